The van der Waals surface area contributed by atoms with Gasteiger partial charge in [-0.2, -0.15) is 0 Å². The molecular formula is C21H35N3O6S. The Hall–Kier alpha value is -2.33. The number of aryl methyl sites for hydroxylation is 1. The van der Waals surface area contributed by atoms with Crippen molar-refractivity contribution in [1.82, 2.24) is 15.4 Å². The minimum atomic E-state index is -3.69. The molecule has 176 valence electrons. The van der Waals surface area contributed by atoms with Gasteiger partial charge in [0.1, 0.15) is 11.2 Å². The van der Waals surface area contributed by atoms with Crippen LogP contribution in [0.5, 0.6) is 0 Å². The average Bonchev–Trinajstić information content (AvgIpc) is 2.56. The Balaban J connectivity index is 2.72. The highest BCUT2D eigenvalue weighted by atomic mass is 32.2. The maximum absolute atomic E-state index is 12.4. The van der Waals surface area contributed by atoms with Crippen LogP contribution in [0.3, 0.4) is 0 Å². The van der Waals surface area contributed by atoms with Crippen molar-refractivity contribution in [1.29, 1.82) is 0 Å². The molecular weight excluding hydrogens is 422 g/mol. The van der Waals surface area contributed by atoms with Crippen molar-refractivity contribution in [2.24, 2.45) is 0 Å². The van der Waals surface area contributed by atoms with Crippen molar-refractivity contribution in [3.8, 4) is 0 Å². The molecule has 0 radical (unpaired) electrons. The van der Waals surface area contributed by atoms with E-state index in [0.717, 1.165) is 5.56 Å². The lowest BCUT2D eigenvalue weighted by Crippen LogP contribution is -2.47. The number of alkyl carbamates (subject to hydrolysis) is 2. The highest BCUT2D eigenvalue weighted by Gasteiger charge is 2.22. The summed E-state index contributed by atoms with van der Waals surface area (Å²) in [6.07, 6.45) is -1.08. The maximum Gasteiger partial charge on any atom is 0.407 e. The molecule has 2 amide bonds. The molecule has 0 saturated heterocycles. The number of rotatable bonds is 8. The lowest BCUT2D eigenvalue weighted by atomic mass is 10.2. The summed E-state index contributed by atoms with van der Waals surface area (Å²) in [6, 6.07) is 5.90. The zero-order valence-electron chi connectivity index (χ0n) is 19.4. The molecule has 0 aliphatic heterocycles. The molecule has 1 atom stereocenters. The molecule has 0 heterocycles. The third kappa shape index (κ3) is 11.6. The second-order valence-corrected chi connectivity index (χ2v) is 11.0. The number of carbonyl (C=O) groups is 2. The number of nitrogens with one attached hydrogen (secondary N) is 3. The van der Waals surface area contributed by atoms with Crippen LogP contribution in [0.4, 0.5) is 9.59 Å². The molecule has 0 spiro atoms. The number of carbonyl (C=O) groups excluding carboxylic acids is 2. The molecule has 9 nitrogen and oxygen atoms in total. The first-order valence-corrected chi connectivity index (χ1v) is 11.6. The van der Waals surface area contributed by atoms with Gasteiger partial charge in [-0.05, 0) is 67.0 Å². The molecule has 0 saturated carbocycles. The number of amides is 2. The number of benzene rings is 1. The lowest BCUT2D eigenvalue weighted by molar-refractivity contribution is 0.0461. The Kier molecular flexibility index (Phi) is 9.31. The Bertz CT molecular complexity index is 839. The Labute approximate surface area is 185 Å². The predicted octanol–water partition coefficient (Wildman–Crippen LogP) is 3.08. The van der Waals surface area contributed by atoms with Crippen molar-refractivity contribution >= 4 is 22.2 Å². The van der Waals surface area contributed by atoms with Gasteiger partial charge in [0, 0.05) is 13.1 Å². The molecule has 0 aliphatic rings. The molecule has 0 aliphatic carbocycles. The summed E-state index contributed by atoms with van der Waals surface area (Å²) in [6.45, 7) is 12.4. The van der Waals surface area contributed by atoms with Crippen LogP contribution >= 0.6 is 0 Å². The summed E-state index contributed by atoms with van der Waals surface area (Å²) in [7, 11) is -3.69. The topological polar surface area (TPSA) is 123 Å². The summed E-state index contributed by atoms with van der Waals surface area (Å²) in [4.78, 5) is 24.2. The molecule has 1 aromatic carbocycles. The van der Waals surface area contributed by atoms with Crippen LogP contribution in [0, 0.1) is 6.92 Å². The minimum Gasteiger partial charge on any atom is -0.444 e. The fraction of sp³-hybridized carbons (Fsp3) is 0.619. The lowest BCUT2D eigenvalue weighted by Gasteiger charge is -2.25. The summed E-state index contributed by atoms with van der Waals surface area (Å²) in [5.41, 5.74) is -0.406. The van der Waals surface area contributed by atoms with Crippen LogP contribution < -0.4 is 15.4 Å². The third-order valence-corrected chi connectivity index (χ3v) is 5.21. The number of hydrogen-bond acceptors (Lipinski definition) is 6. The first-order chi connectivity index (χ1) is 14.1. The van der Waals surface area contributed by atoms with E-state index in [1.54, 1.807) is 53.7 Å². The van der Waals surface area contributed by atoms with Gasteiger partial charge >= 0.3 is 12.2 Å². The van der Waals surface area contributed by atoms with E-state index in [2.05, 4.69) is 15.4 Å². The first kappa shape index (κ1) is 26.7. The van der Waals surface area contributed by atoms with E-state index >= 15 is 0 Å². The van der Waals surface area contributed by atoms with E-state index in [-0.39, 0.29) is 24.4 Å². The highest BCUT2D eigenvalue weighted by molar-refractivity contribution is 7.89. The van der Waals surface area contributed by atoms with Gasteiger partial charge in [0.25, 0.3) is 0 Å². The van der Waals surface area contributed by atoms with Crippen LogP contribution in [-0.4, -0.2) is 50.9 Å². The van der Waals surface area contributed by atoms with Gasteiger partial charge in [0.05, 0.1) is 10.9 Å². The van der Waals surface area contributed by atoms with Crippen LogP contribution in [0.15, 0.2) is 29.2 Å². The van der Waals surface area contributed by atoms with E-state index in [1.165, 1.54) is 12.1 Å². The van der Waals surface area contributed by atoms with Crippen molar-refractivity contribution in [2.45, 2.75) is 77.0 Å². The van der Waals surface area contributed by atoms with Gasteiger partial charge in [-0.1, -0.05) is 17.7 Å². The fourth-order valence-corrected chi connectivity index (χ4v) is 3.44. The molecule has 3 N–H and O–H groups in total. The van der Waals surface area contributed by atoms with E-state index in [4.69, 9.17) is 9.47 Å². The molecule has 31 heavy (non-hydrogen) atoms. The van der Waals surface area contributed by atoms with E-state index in [0.29, 0.717) is 0 Å². The van der Waals surface area contributed by atoms with E-state index in [1.807, 2.05) is 6.92 Å². The van der Waals surface area contributed by atoms with Gasteiger partial charge in [-0.25, -0.2) is 22.7 Å². The highest BCUT2D eigenvalue weighted by Crippen LogP contribution is 2.11. The van der Waals surface area contributed by atoms with Gasteiger partial charge in [-0.15, -0.1) is 0 Å². The Morgan fingerprint density at radius 1 is 0.935 bits per heavy atom. The molecule has 1 aromatic rings. The predicted molar refractivity (Wildman–Crippen MR) is 118 cm³/mol. The second kappa shape index (κ2) is 10.8. The van der Waals surface area contributed by atoms with Crippen LogP contribution in [0.1, 0.15) is 53.5 Å². The summed E-state index contributed by atoms with van der Waals surface area (Å²) in [5.74, 6) is 0. The summed E-state index contributed by atoms with van der Waals surface area (Å²) < 4.78 is 37.8. The molecule has 10 heteroatoms. The average molecular weight is 458 g/mol. The van der Waals surface area contributed by atoms with E-state index in [9.17, 15) is 18.0 Å². The second-order valence-electron chi connectivity index (χ2n) is 9.23. The van der Waals surface area contributed by atoms with Crippen molar-refractivity contribution in [2.75, 3.05) is 13.1 Å². The van der Waals surface area contributed by atoms with Crippen LogP contribution in [0.2, 0.25) is 0 Å². The van der Waals surface area contributed by atoms with Crippen molar-refractivity contribution < 1.29 is 27.5 Å². The van der Waals surface area contributed by atoms with Gasteiger partial charge in [0.2, 0.25) is 10.0 Å². The third-order valence-electron chi connectivity index (χ3n) is 3.73. The zero-order chi connectivity index (χ0) is 23.9. The minimum absolute atomic E-state index is 0.0421. The van der Waals surface area contributed by atoms with Crippen molar-refractivity contribution in [3.05, 3.63) is 29.8 Å². The van der Waals surface area contributed by atoms with Crippen LogP contribution in [0.25, 0.3) is 0 Å². The van der Waals surface area contributed by atoms with E-state index < -0.39 is 39.5 Å². The van der Waals surface area contributed by atoms with Crippen LogP contribution in [-0.2, 0) is 19.5 Å². The molecule has 1 rings (SSSR count). The van der Waals surface area contributed by atoms with Crippen molar-refractivity contribution in [3.63, 3.8) is 0 Å². The van der Waals surface area contributed by atoms with Gasteiger partial charge < -0.3 is 20.1 Å². The number of hydrogen-bond donors (Lipinski definition) is 3. The first-order valence-electron chi connectivity index (χ1n) is 10.1. The normalized spacial score (nSPS) is 13.3. The Morgan fingerprint density at radius 3 is 1.97 bits per heavy atom. The summed E-state index contributed by atoms with van der Waals surface area (Å²) >= 11 is 0. The molecule has 0 bridgehead atoms. The SMILES string of the molecule is Cc1ccc(S(=O)(=O)NCCC(CNC(=O)OC(C)(C)C)NC(=O)OC(C)(C)C)cc1. The Morgan fingerprint density at radius 2 is 1.45 bits per heavy atom. The number of sulfonamides is 1. The standard InChI is InChI=1S/C21H35N3O6S/c1-15-8-10-17(11-9-15)31(27,28)23-13-12-16(24-19(26)30-21(5,6)7)14-22-18(25)29-20(2,3)4/h8-11,16,23H,12-14H2,1-7H3,(H,22,25)(H,24,26). The quantitative estimate of drug-likeness (QED) is 0.551. The summed E-state index contributed by atoms with van der Waals surface area (Å²) in [5, 5.41) is 5.24. The molecule has 0 fully saturated rings. The number of ether oxygens (including phenoxy) is 2. The smallest absolute Gasteiger partial charge is 0.407 e. The van der Waals surface area contributed by atoms with Gasteiger partial charge in [-0.3, -0.25) is 0 Å². The molecule has 1 unspecified atom stereocenters. The van der Waals surface area contributed by atoms with Gasteiger partial charge in [0.15, 0.2) is 0 Å². The zero-order valence-corrected chi connectivity index (χ0v) is 20.2. The maximum atomic E-state index is 12.4. The monoisotopic (exact) mass is 457 g/mol. The largest absolute Gasteiger partial charge is 0.444 e. The fourth-order valence-electron chi connectivity index (χ4n) is 2.39. The molecule has 0 aromatic heterocycles.